The molecule has 0 heterocycles. The Kier molecular flexibility index (Phi) is 8.11. The summed E-state index contributed by atoms with van der Waals surface area (Å²) in [5, 5.41) is 2.12. The van der Waals surface area contributed by atoms with Crippen molar-refractivity contribution in [1.29, 1.82) is 0 Å². The molecule has 0 aliphatic heterocycles. The van der Waals surface area contributed by atoms with Gasteiger partial charge >= 0.3 is 5.97 Å². The second kappa shape index (κ2) is 6.61. The molecule has 0 saturated heterocycles. The molecule has 0 aromatic carbocycles. The van der Waals surface area contributed by atoms with Crippen LogP contribution >= 0.6 is 20.6 Å². The van der Waals surface area contributed by atoms with Crippen molar-refractivity contribution in [2.24, 2.45) is 0 Å². The van der Waals surface area contributed by atoms with Crippen LogP contribution in [0.4, 0.5) is 0 Å². The zero-order chi connectivity index (χ0) is 8.15. The molecule has 0 spiro atoms. The molecule has 11 heavy (non-hydrogen) atoms. The van der Waals surface area contributed by atoms with Gasteiger partial charge in [0.25, 0.3) is 8.18 Å². The second-order valence-electron chi connectivity index (χ2n) is 1.69. The first-order valence-electron chi connectivity index (χ1n) is 2.65. The summed E-state index contributed by atoms with van der Waals surface area (Å²) in [5.41, 5.74) is 0. The van der Waals surface area contributed by atoms with Crippen LogP contribution in [-0.2, 0) is 14.1 Å². The first kappa shape index (κ1) is 13.5. The Morgan fingerprint density at radius 2 is 2.18 bits per heavy atom. The number of ether oxygens (including phenoxy) is 1. The van der Waals surface area contributed by atoms with Gasteiger partial charge in [-0.3, -0.25) is 9.36 Å². The van der Waals surface area contributed by atoms with Crippen molar-refractivity contribution >= 4 is 26.6 Å². The summed E-state index contributed by atoms with van der Waals surface area (Å²) in [6.07, 6.45) is 0. The van der Waals surface area contributed by atoms with E-state index < -0.39 is 20.2 Å². The minimum Gasteiger partial charge on any atom is -0.468 e. The molecule has 0 aromatic heterocycles. The summed E-state index contributed by atoms with van der Waals surface area (Å²) in [6, 6.07) is -0.721. The Hall–Kier alpha value is -0.0900. The Bertz CT molecular complexity index is 153. The van der Waals surface area contributed by atoms with Crippen LogP contribution in [0.25, 0.3) is 0 Å². The fraction of sp³-hybridized carbons (Fsp3) is 0.750. The Morgan fingerprint density at radius 1 is 1.73 bits per heavy atom. The molecular formula is C4H11ClNO4P. The minimum atomic E-state index is -2.79. The summed E-state index contributed by atoms with van der Waals surface area (Å²) in [6.45, 7) is 1.45. The number of esters is 1. The molecule has 0 radical (unpaired) electrons. The third-order valence-corrected chi connectivity index (χ3v) is 1.57. The lowest BCUT2D eigenvalue weighted by atomic mass is 10.4. The minimum absolute atomic E-state index is 0. The molecule has 2 atom stereocenters. The summed E-state index contributed by atoms with van der Waals surface area (Å²) >= 11 is 0. The van der Waals surface area contributed by atoms with E-state index in [1.165, 1.54) is 14.0 Å². The van der Waals surface area contributed by atoms with Crippen molar-refractivity contribution in [3.05, 3.63) is 0 Å². The number of rotatable bonds is 3. The summed E-state index contributed by atoms with van der Waals surface area (Å²) in [4.78, 5) is 18.8. The first-order valence-corrected chi connectivity index (χ1v) is 4.00. The maximum absolute atomic E-state index is 10.5. The van der Waals surface area contributed by atoms with E-state index in [-0.39, 0.29) is 12.4 Å². The molecule has 0 rings (SSSR count). The molecule has 2 unspecified atom stereocenters. The number of hydrogen-bond acceptors (Lipinski definition) is 3. The van der Waals surface area contributed by atoms with Gasteiger partial charge in [0.05, 0.1) is 7.11 Å². The van der Waals surface area contributed by atoms with E-state index in [1.54, 1.807) is 0 Å². The highest BCUT2D eigenvalue weighted by Gasteiger charge is 2.12. The Balaban J connectivity index is 0. The van der Waals surface area contributed by atoms with Crippen LogP contribution in [0.15, 0.2) is 0 Å². The van der Waals surface area contributed by atoms with Gasteiger partial charge in [0, 0.05) is 0 Å². The van der Waals surface area contributed by atoms with Gasteiger partial charge in [0.2, 0.25) is 0 Å². The van der Waals surface area contributed by atoms with Crippen LogP contribution in [0, 0.1) is 0 Å². The zero-order valence-electron chi connectivity index (χ0n) is 6.16. The molecule has 2 N–H and O–H groups in total. The molecule has 0 aromatic rings. The van der Waals surface area contributed by atoms with Gasteiger partial charge in [-0.2, -0.15) is 0 Å². The lowest BCUT2D eigenvalue weighted by Crippen LogP contribution is -2.29. The van der Waals surface area contributed by atoms with E-state index in [2.05, 4.69) is 9.82 Å². The van der Waals surface area contributed by atoms with Gasteiger partial charge in [-0.15, -0.1) is 12.4 Å². The van der Waals surface area contributed by atoms with Gasteiger partial charge < -0.3 is 9.63 Å². The smallest absolute Gasteiger partial charge is 0.322 e. The summed E-state index contributed by atoms with van der Waals surface area (Å²) in [5.74, 6) is -0.549. The van der Waals surface area contributed by atoms with Crippen LogP contribution in [0.5, 0.6) is 0 Å². The largest absolute Gasteiger partial charge is 0.468 e. The van der Waals surface area contributed by atoms with E-state index in [0.29, 0.717) is 0 Å². The van der Waals surface area contributed by atoms with E-state index in [1.807, 2.05) is 0 Å². The molecular weight excluding hydrogens is 192 g/mol. The maximum atomic E-state index is 10.5. The van der Waals surface area contributed by atoms with Crippen LogP contribution < -0.4 is 5.09 Å². The van der Waals surface area contributed by atoms with Crippen LogP contribution in [0.3, 0.4) is 0 Å². The van der Waals surface area contributed by atoms with Gasteiger partial charge in [-0.25, -0.2) is 5.09 Å². The maximum Gasteiger partial charge on any atom is 0.322 e. The lowest BCUT2D eigenvalue weighted by molar-refractivity contribution is -0.142. The normalized spacial score (nSPS) is 14.5. The average Bonchev–Trinajstić information content (AvgIpc) is 1.85. The molecule has 0 aliphatic rings. The number of carbonyl (C=O) groups is 1. The molecule has 7 heteroatoms. The third kappa shape index (κ3) is 6.31. The molecule has 68 valence electrons. The van der Waals surface area contributed by atoms with E-state index in [4.69, 9.17) is 4.89 Å². The van der Waals surface area contributed by atoms with Crippen molar-refractivity contribution in [2.45, 2.75) is 13.0 Å². The average molecular weight is 204 g/mol. The predicted octanol–water partition coefficient (Wildman–Crippen LogP) is -0.0587. The van der Waals surface area contributed by atoms with Crippen LogP contribution in [0.2, 0.25) is 0 Å². The molecule has 0 saturated carbocycles. The van der Waals surface area contributed by atoms with Crippen molar-refractivity contribution in [3.8, 4) is 0 Å². The standard InChI is InChI=1S/C4H10NO4P.ClH/c1-3(4(6)9-2)5-10(7)8;/h3,10H,1-2H3,(H2,5,7,8);1H. The zero-order valence-corrected chi connectivity index (χ0v) is 7.97. The topological polar surface area (TPSA) is 75.6 Å². The van der Waals surface area contributed by atoms with Crippen molar-refractivity contribution < 1.29 is 19.0 Å². The highest BCUT2D eigenvalue weighted by molar-refractivity contribution is 7.35. The number of nitrogens with one attached hydrogen (secondary N) is 1. The molecule has 0 amide bonds. The second-order valence-corrected chi connectivity index (χ2v) is 2.59. The van der Waals surface area contributed by atoms with Crippen LogP contribution in [-0.4, -0.2) is 24.0 Å². The molecule has 0 fully saturated rings. The van der Waals surface area contributed by atoms with E-state index >= 15 is 0 Å². The molecule has 5 nitrogen and oxygen atoms in total. The number of carbonyl (C=O) groups excluding carboxylic acids is 1. The summed E-state index contributed by atoms with van der Waals surface area (Å²) < 4.78 is 14.4. The quantitative estimate of drug-likeness (QED) is 0.497. The van der Waals surface area contributed by atoms with Gasteiger partial charge in [0.15, 0.2) is 0 Å². The van der Waals surface area contributed by atoms with Gasteiger partial charge in [0.1, 0.15) is 6.04 Å². The van der Waals surface area contributed by atoms with Crippen molar-refractivity contribution in [1.82, 2.24) is 5.09 Å². The third-order valence-electron chi connectivity index (χ3n) is 0.895. The number of methoxy groups -OCH3 is 1. The first-order chi connectivity index (χ1) is 4.57. The lowest BCUT2D eigenvalue weighted by Gasteiger charge is -2.07. The fourth-order valence-electron chi connectivity index (χ4n) is 0.421. The monoisotopic (exact) mass is 203 g/mol. The van der Waals surface area contributed by atoms with Gasteiger partial charge in [-0.05, 0) is 6.92 Å². The van der Waals surface area contributed by atoms with E-state index in [0.717, 1.165) is 0 Å². The fourth-order valence-corrected chi connectivity index (χ4v) is 0.909. The number of halogens is 1. The summed E-state index contributed by atoms with van der Waals surface area (Å²) in [7, 11) is -1.57. The van der Waals surface area contributed by atoms with Crippen LogP contribution in [0.1, 0.15) is 6.92 Å². The Labute approximate surface area is 71.5 Å². The van der Waals surface area contributed by atoms with Crippen molar-refractivity contribution in [2.75, 3.05) is 7.11 Å². The Morgan fingerprint density at radius 3 is 2.45 bits per heavy atom. The molecule has 0 aliphatic carbocycles. The van der Waals surface area contributed by atoms with E-state index in [9.17, 15) is 9.36 Å². The number of hydrogen-bond donors (Lipinski definition) is 2. The highest BCUT2D eigenvalue weighted by atomic mass is 35.5. The highest BCUT2D eigenvalue weighted by Crippen LogP contribution is 2.06. The predicted molar refractivity (Wildman–Crippen MR) is 43.1 cm³/mol. The molecule has 0 bridgehead atoms. The SMILES string of the molecule is COC(=O)C(C)N[PH](=O)O.Cl. The van der Waals surface area contributed by atoms with Crippen molar-refractivity contribution in [3.63, 3.8) is 0 Å². The van der Waals surface area contributed by atoms with Gasteiger partial charge in [-0.1, -0.05) is 0 Å².